The van der Waals surface area contributed by atoms with E-state index in [1.165, 1.54) is 12.8 Å². The maximum absolute atomic E-state index is 12.0. The van der Waals surface area contributed by atoms with Gasteiger partial charge < -0.3 is 5.32 Å². The first kappa shape index (κ1) is 9.38. The van der Waals surface area contributed by atoms with Crippen LogP contribution in [0.3, 0.4) is 0 Å². The smallest absolute Gasteiger partial charge is 0.238 e. The second kappa shape index (κ2) is 3.52. The molecule has 13 heavy (non-hydrogen) atoms. The molecule has 0 atom stereocenters. The van der Waals surface area contributed by atoms with Crippen molar-refractivity contribution in [1.82, 2.24) is 5.32 Å². The summed E-state index contributed by atoms with van der Waals surface area (Å²) in [5.74, 6) is 0.318. The second-order valence-corrected chi connectivity index (χ2v) is 4.65. The number of nitrogens with one attached hydrogen (secondary N) is 1. The predicted octanol–water partition coefficient (Wildman–Crippen LogP) is 2.42. The molecule has 2 aliphatic rings. The molecule has 1 N–H and O–H groups in total. The van der Waals surface area contributed by atoms with Crippen LogP contribution in [-0.4, -0.2) is 19.5 Å². The van der Waals surface area contributed by atoms with Gasteiger partial charge in [0.25, 0.3) is 0 Å². The van der Waals surface area contributed by atoms with Gasteiger partial charge in [-0.3, -0.25) is 0 Å². The predicted molar refractivity (Wildman–Crippen MR) is 47.9 cm³/mol. The Hall–Kier alpha value is -0.180. The Kier molecular flexibility index (Phi) is 2.54. The van der Waals surface area contributed by atoms with Crippen molar-refractivity contribution in [2.45, 2.75) is 38.5 Å². The van der Waals surface area contributed by atoms with Crippen LogP contribution in [0.2, 0.25) is 0 Å². The molecule has 1 saturated carbocycles. The maximum Gasteiger partial charge on any atom is 0.238 e. The van der Waals surface area contributed by atoms with Crippen LogP contribution in [0.15, 0.2) is 0 Å². The summed E-state index contributed by atoms with van der Waals surface area (Å²) in [7, 11) is 0. The Bertz CT molecular complexity index is 168. The summed E-state index contributed by atoms with van der Waals surface area (Å²) < 4.78 is 24.1. The lowest BCUT2D eigenvalue weighted by Gasteiger charge is -2.50. The van der Waals surface area contributed by atoms with E-state index in [0.717, 1.165) is 25.9 Å². The van der Waals surface area contributed by atoms with Crippen molar-refractivity contribution < 1.29 is 8.78 Å². The van der Waals surface area contributed by atoms with Crippen molar-refractivity contribution in [3.8, 4) is 0 Å². The van der Waals surface area contributed by atoms with E-state index in [2.05, 4.69) is 5.32 Å². The summed E-state index contributed by atoms with van der Waals surface area (Å²) in [6, 6.07) is 0. The Labute approximate surface area is 77.9 Å². The summed E-state index contributed by atoms with van der Waals surface area (Å²) in [4.78, 5) is 0. The van der Waals surface area contributed by atoms with Gasteiger partial charge in [0.15, 0.2) is 0 Å². The van der Waals surface area contributed by atoms with Gasteiger partial charge in [-0.05, 0) is 50.1 Å². The number of rotatable bonds is 2. The molecular weight excluding hydrogens is 172 g/mol. The van der Waals surface area contributed by atoms with Crippen molar-refractivity contribution >= 4 is 0 Å². The molecule has 1 heterocycles. The summed E-state index contributed by atoms with van der Waals surface area (Å²) in [6.45, 7) is 2.17. The first-order chi connectivity index (χ1) is 6.20. The number of alkyl halides is 2. The molecule has 0 unspecified atom stereocenters. The highest BCUT2D eigenvalue weighted by atomic mass is 19.3. The Balaban J connectivity index is 1.75. The molecule has 2 fully saturated rings. The first-order valence-corrected chi connectivity index (χ1v) is 5.19. The molecule has 0 aromatic heterocycles. The van der Waals surface area contributed by atoms with Gasteiger partial charge in [-0.1, -0.05) is 0 Å². The summed E-state index contributed by atoms with van der Waals surface area (Å²) in [6.07, 6.45) is 2.55. The first-order valence-electron chi connectivity index (χ1n) is 5.19. The molecule has 2 rings (SSSR count). The van der Waals surface area contributed by atoms with E-state index in [4.69, 9.17) is 0 Å². The van der Waals surface area contributed by atoms with E-state index in [1.54, 1.807) is 0 Å². The average molecular weight is 189 g/mol. The zero-order valence-corrected chi connectivity index (χ0v) is 7.86. The summed E-state index contributed by atoms with van der Waals surface area (Å²) >= 11 is 0. The lowest BCUT2D eigenvalue weighted by Crippen LogP contribution is -2.45. The third-order valence-electron chi connectivity index (χ3n) is 3.62. The molecule has 1 aliphatic heterocycles. The highest BCUT2D eigenvalue weighted by Crippen LogP contribution is 2.53. The molecular formula is C10H17F2N. The van der Waals surface area contributed by atoms with Crippen molar-refractivity contribution in [1.29, 1.82) is 0 Å². The van der Waals surface area contributed by atoms with Gasteiger partial charge in [0.1, 0.15) is 0 Å². The van der Waals surface area contributed by atoms with Crippen LogP contribution in [0.25, 0.3) is 0 Å². The van der Waals surface area contributed by atoms with Gasteiger partial charge in [0, 0.05) is 6.42 Å². The molecule has 1 saturated heterocycles. The number of hydrogen-bond acceptors (Lipinski definition) is 1. The van der Waals surface area contributed by atoms with Crippen LogP contribution < -0.4 is 5.32 Å². The third kappa shape index (κ3) is 2.01. The van der Waals surface area contributed by atoms with Crippen LogP contribution >= 0.6 is 0 Å². The maximum atomic E-state index is 12.0. The standard InChI is InChI=1S/C10H17F2N/c11-9(12)5-8-6-10(7-8)1-3-13-4-2-10/h8-9,13H,1-7H2. The highest BCUT2D eigenvalue weighted by molar-refractivity contribution is 4.96. The fourth-order valence-electron chi connectivity index (χ4n) is 2.95. The monoisotopic (exact) mass is 189 g/mol. The van der Waals surface area contributed by atoms with E-state index in [1.807, 2.05) is 0 Å². The minimum atomic E-state index is -2.09. The van der Waals surface area contributed by atoms with E-state index < -0.39 is 6.43 Å². The van der Waals surface area contributed by atoms with Crippen LogP contribution in [0.5, 0.6) is 0 Å². The SMILES string of the molecule is FC(F)CC1CC2(CCNCC2)C1. The quantitative estimate of drug-likeness (QED) is 0.703. The van der Waals surface area contributed by atoms with Crippen LogP contribution in [0.4, 0.5) is 8.78 Å². The average Bonchev–Trinajstić information content (AvgIpc) is 2.02. The van der Waals surface area contributed by atoms with Crippen molar-refractivity contribution in [2.24, 2.45) is 11.3 Å². The van der Waals surface area contributed by atoms with Gasteiger partial charge in [0.2, 0.25) is 6.43 Å². The van der Waals surface area contributed by atoms with Gasteiger partial charge in [-0.25, -0.2) is 8.78 Å². The van der Waals surface area contributed by atoms with Crippen molar-refractivity contribution in [2.75, 3.05) is 13.1 Å². The largest absolute Gasteiger partial charge is 0.317 e. The summed E-state index contributed by atoms with van der Waals surface area (Å²) in [5, 5.41) is 3.32. The van der Waals surface area contributed by atoms with Gasteiger partial charge in [0.05, 0.1) is 0 Å². The molecule has 1 aliphatic carbocycles. The molecule has 1 nitrogen and oxygen atoms in total. The van der Waals surface area contributed by atoms with Crippen LogP contribution in [0.1, 0.15) is 32.1 Å². The lowest BCUT2D eigenvalue weighted by atomic mass is 9.57. The van der Waals surface area contributed by atoms with E-state index in [9.17, 15) is 8.78 Å². The molecule has 76 valence electrons. The van der Waals surface area contributed by atoms with Crippen molar-refractivity contribution in [3.63, 3.8) is 0 Å². The second-order valence-electron chi connectivity index (χ2n) is 4.65. The number of piperidine rings is 1. The fraction of sp³-hybridized carbons (Fsp3) is 1.00. The van der Waals surface area contributed by atoms with Crippen LogP contribution in [-0.2, 0) is 0 Å². The molecule has 1 spiro atoms. The number of halogens is 2. The topological polar surface area (TPSA) is 12.0 Å². The fourth-order valence-corrected chi connectivity index (χ4v) is 2.95. The van der Waals surface area contributed by atoms with E-state index in [-0.39, 0.29) is 6.42 Å². The van der Waals surface area contributed by atoms with Crippen LogP contribution in [0, 0.1) is 11.3 Å². The third-order valence-corrected chi connectivity index (χ3v) is 3.62. The zero-order chi connectivity index (χ0) is 9.31. The molecule has 0 amide bonds. The minimum Gasteiger partial charge on any atom is -0.317 e. The highest BCUT2D eigenvalue weighted by Gasteiger charge is 2.44. The number of hydrogen-bond donors (Lipinski definition) is 1. The summed E-state index contributed by atoms with van der Waals surface area (Å²) in [5.41, 5.74) is 0.463. The lowest BCUT2D eigenvalue weighted by molar-refractivity contribution is -0.0136. The normalized spacial score (nSPS) is 27.9. The van der Waals surface area contributed by atoms with Gasteiger partial charge in [-0.15, -0.1) is 0 Å². The zero-order valence-electron chi connectivity index (χ0n) is 7.86. The van der Waals surface area contributed by atoms with Gasteiger partial charge in [-0.2, -0.15) is 0 Å². The van der Waals surface area contributed by atoms with E-state index in [0.29, 0.717) is 11.3 Å². The molecule has 0 aromatic carbocycles. The molecule has 0 bridgehead atoms. The Morgan fingerprint density at radius 3 is 2.38 bits per heavy atom. The minimum absolute atomic E-state index is 0.134. The van der Waals surface area contributed by atoms with Crippen molar-refractivity contribution in [3.05, 3.63) is 0 Å². The molecule has 0 aromatic rings. The Morgan fingerprint density at radius 2 is 1.85 bits per heavy atom. The Morgan fingerprint density at radius 1 is 1.23 bits per heavy atom. The van der Waals surface area contributed by atoms with E-state index >= 15 is 0 Å². The van der Waals surface area contributed by atoms with Gasteiger partial charge >= 0.3 is 0 Å². The molecule has 3 heteroatoms. The molecule has 0 radical (unpaired) electrons.